The number of hydrogen-bond acceptors (Lipinski definition) is 7. The average Bonchev–Trinajstić information content (AvgIpc) is 3.10. The van der Waals surface area contributed by atoms with Gasteiger partial charge in [0.2, 0.25) is 11.6 Å². The molecule has 4 rings (SSSR count). The van der Waals surface area contributed by atoms with Crippen molar-refractivity contribution in [3.05, 3.63) is 40.9 Å². The predicted molar refractivity (Wildman–Crippen MR) is 127 cm³/mol. The van der Waals surface area contributed by atoms with Crippen molar-refractivity contribution in [1.29, 1.82) is 0 Å². The lowest BCUT2D eigenvalue weighted by atomic mass is 9.96. The van der Waals surface area contributed by atoms with Crippen molar-refractivity contribution in [1.82, 2.24) is 15.3 Å². The van der Waals surface area contributed by atoms with E-state index in [-0.39, 0.29) is 11.8 Å². The van der Waals surface area contributed by atoms with Gasteiger partial charge in [-0.2, -0.15) is 4.98 Å². The number of hydrogen-bond donors (Lipinski definition) is 1. The number of nitrogens with zero attached hydrogens (tertiary/aromatic N) is 3. The molecule has 1 atom stereocenters. The molecule has 176 valence electrons. The van der Waals surface area contributed by atoms with E-state index in [9.17, 15) is 4.79 Å². The van der Waals surface area contributed by atoms with E-state index in [2.05, 4.69) is 15.2 Å². The number of furan rings is 1. The molecule has 1 fully saturated rings. The number of piperidine rings is 1. The van der Waals surface area contributed by atoms with Gasteiger partial charge >= 0.3 is 0 Å². The molecule has 1 unspecified atom stereocenters. The van der Waals surface area contributed by atoms with E-state index >= 15 is 0 Å². The van der Waals surface area contributed by atoms with Crippen molar-refractivity contribution >= 4 is 22.8 Å². The van der Waals surface area contributed by atoms with E-state index in [1.165, 1.54) is 0 Å². The van der Waals surface area contributed by atoms with E-state index in [1.54, 1.807) is 7.11 Å². The molecule has 8 heteroatoms. The van der Waals surface area contributed by atoms with Crippen LogP contribution in [0.4, 0.5) is 5.82 Å². The second kappa shape index (κ2) is 9.68. The molecule has 1 N–H and O–H groups in total. The number of anilines is 1. The summed E-state index contributed by atoms with van der Waals surface area (Å²) in [6.45, 7) is 10.3. The molecule has 8 nitrogen and oxygen atoms in total. The molecular formula is C25H32N4O4. The normalized spacial score (nSPS) is 16.2. The Morgan fingerprint density at radius 2 is 2.06 bits per heavy atom. The van der Waals surface area contributed by atoms with Crippen molar-refractivity contribution in [3.63, 3.8) is 0 Å². The summed E-state index contributed by atoms with van der Waals surface area (Å²) >= 11 is 0. The molecule has 1 amide bonds. The number of benzene rings is 1. The zero-order chi connectivity index (χ0) is 23.5. The lowest BCUT2D eigenvalue weighted by molar-refractivity contribution is -0.125. The molecular weight excluding hydrogens is 420 g/mol. The molecule has 3 heterocycles. The first-order valence-corrected chi connectivity index (χ1v) is 11.5. The number of amides is 1. The van der Waals surface area contributed by atoms with Crippen LogP contribution < -0.4 is 19.7 Å². The maximum absolute atomic E-state index is 13.0. The number of methoxy groups -OCH3 is 1. The highest BCUT2D eigenvalue weighted by Gasteiger charge is 2.29. The fourth-order valence-corrected chi connectivity index (χ4v) is 4.37. The van der Waals surface area contributed by atoms with Gasteiger partial charge in [0, 0.05) is 25.2 Å². The van der Waals surface area contributed by atoms with Crippen LogP contribution >= 0.6 is 0 Å². The molecule has 3 aromatic rings. The standard InChI is InChI=1S/C25H32N4O4/c1-6-32-20-10-9-18(12-21(20)31-5)13-26-24(30)19-8-7-11-29(14-19)23-22-15(2)16(3)33-25(22)28-17(4)27-23/h9-10,12,19H,6-8,11,13-14H2,1-5H3,(H,26,30). The van der Waals surface area contributed by atoms with Gasteiger partial charge in [-0.1, -0.05) is 6.07 Å². The first-order chi connectivity index (χ1) is 15.9. The van der Waals surface area contributed by atoms with Crippen molar-refractivity contribution in [2.75, 3.05) is 31.7 Å². The Labute approximate surface area is 194 Å². The first-order valence-electron chi connectivity index (χ1n) is 11.5. The minimum absolute atomic E-state index is 0.0506. The maximum Gasteiger partial charge on any atom is 0.231 e. The molecule has 2 aromatic heterocycles. The predicted octanol–water partition coefficient (Wildman–Crippen LogP) is 4.09. The zero-order valence-electron chi connectivity index (χ0n) is 20.0. The first kappa shape index (κ1) is 22.9. The fraction of sp³-hybridized carbons (Fsp3) is 0.480. The Bertz CT molecular complexity index is 1160. The van der Waals surface area contributed by atoms with Gasteiger partial charge in [0.05, 0.1) is 25.0 Å². The third-order valence-electron chi connectivity index (χ3n) is 6.21. The highest BCUT2D eigenvalue weighted by molar-refractivity contribution is 5.90. The van der Waals surface area contributed by atoms with E-state index in [0.29, 0.717) is 42.7 Å². The topological polar surface area (TPSA) is 89.7 Å². The van der Waals surface area contributed by atoms with E-state index in [1.807, 2.05) is 45.9 Å². The molecule has 0 radical (unpaired) electrons. The van der Waals surface area contributed by atoms with Crippen molar-refractivity contribution in [2.24, 2.45) is 5.92 Å². The van der Waals surface area contributed by atoms with E-state index in [0.717, 1.165) is 47.5 Å². The number of ether oxygens (including phenoxy) is 2. The number of carbonyl (C=O) groups is 1. The third kappa shape index (κ3) is 4.74. The fourth-order valence-electron chi connectivity index (χ4n) is 4.37. The molecule has 1 aliphatic heterocycles. The quantitative estimate of drug-likeness (QED) is 0.577. The molecule has 33 heavy (non-hydrogen) atoms. The summed E-state index contributed by atoms with van der Waals surface area (Å²) in [6, 6.07) is 5.73. The van der Waals surface area contributed by atoms with Crippen LogP contribution in [0.15, 0.2) is 22.6 Å². The monoisotopic (exact) mass is 452 g/mol. The highest BCUT2D eigenvalue weighted by Crippen LogP contribution is 2.33. The van der Waals surface area contributed by atoms with Gasteiger partial charge in [0.25, 0.3) is 0 Å². The van der Waals surface area contributed by atoms with Crippen LogP contribution in [0.5, 0.6) is 11.5 Å². The number of nitrogens with one attached hydrogen (secondary N) is 1. The minimum atomic E-state index is -0.109. The van der Waals surface area contributed by atoms with Crippen molar-refractivity contribution in [3.8, 4) is 11.5 Å². The number of aryl methyl sites for hydroxylation is 3. The SMILES string of the molecule is CCOc1ccc(CNC(=O)C2CCCN(c3nc(C)nc4oc(C)c(C)c34)C2)cc1OC. The highest BCUT2D eigenvalue weighted by atomic mass is 16.5. The molecule has 0 aliphatic carbocycles. The van der Waals surface area contributed by atoms with Crippen LogP contribution in [0.3, 0.4) is 0 Å². The summed E-state index contributed by atoms with van der Waals surface area (Å²) in [5.74, 6) is 3.69. The number of carbonyl (C=O) groups excluding carboxylic acids is 1. The average molecular weight is 453 g/mol. The van der Waals surface area contributed by atoms with Crippen LogP contribution in [0.25, 0.3) is 11.1 Å². The largest absolute Gasteiger partial charge is 0.493 e. The molecule has 1 saturated heterocycles. The van der Waals surface area contributed by atoms with Gasteiger partial charge in [0.15, 0.2) is 11.5 Å². The van der Waals surface area contributed by atoms with E-state index in [4.69, 9.17) is 18.9 Å². The van der Waals surface area contributed by atoms with Crippen molar-refractivity contribution in [2.45, 2.75) is 47.1 Å². The number of fused-ring (bicyclic) bond motifs is 1. The van der Waals surface area contributed by atoms with Crippen LogP contribution in [-0.2, 0) is 11.3 Å². The summed E-state index contributed by atoms with van der Waals surface area (Å²) in [5.41, 5.74) is 2.63. The summed E-state index contributed by atoms with van der Waals surface area (Å²) in [7, 11) is 1.62. The van der Waals surface area contributed by atoms with Gasteiger partial charge in [-0.15, -0.1) is 0 Å². The van der Waals surface area contributed by atoms with Gasteiger partial charge < -0.3 is 24.1 Å². The smallest absolute Gasteiger partial charge is 0.231 e. The van der Waals surface area contributed by atoms with Crippen LogP contribution in [0.2, 0.25) is 0 Å². The molecule has 1 aromatic carbocycles. The van der Waals surface area contributed by atoms with Crippen molar-refractivity contribution < 1.29 is 18.7 Å². The second-order valence-electron chi connectivity index (χ2n) is 8.48. The summed E-state index contributed by atoms with van der Waals surface area (Å²) < 4.78 is 16.8. The lowest BCUT2D eigenvalue weighted by Gasteiger charge is -2.33. The maximum atomic E-state index is 13.0. The summed E-state index contributed by atoms with van der Waals surface area (Å²) in [4.78, 5) is 24.4. The summed E-state index contributed by atoms with van der Waals surface area (Å²) in [5, 5.41) is 4.04. The van der Waals surface area contributed by atoms with Crippen LogP contribution in [0.1, 0.15) is 42.5 Å². The Balaban J connectivity index is 1.46. The Morgan fingerprint density at radius 3 is 2.82 bits per heavy atom. The Kier molecular flexibility index (Phi) is 6.72. The molecule has 0 saturated carbocycles. The zero-order valence-corrected chi connectivity index (χ0v) is 20.0. The molecule has 0 spiro atoms. The van der Waals surface area contributed by atoms with Gasteiger partial charge in [-0.05, 0) is 58.2 Å². The Hall–Kier alpha value is -3.29. The second-order valence-corrected chi connectivity index (χ2v) is 8.48. The van der Waals surface area contributed by atoms with Gasteiger partial charge in [-0.3, -0.25) is 4.79 Å². The Morgan fingerprint density at radius 1 is 1.24 bits per heavy atom. The molecule has 0 bridgehead atoms. The summed E-state index contributed by atoms with van der Waals surface area (Å²) in [6.07, 6.45) is 1.78. The third-order valence-corrected chi connectivity index (χ3v) is 6.21. The van der Waals surface area contributed by atoms with E-state index < -0.39 is 0 Å². The number of aromatic nitrogens is 2. The lowest BCUT2D eigenvalue weighted by Crippen LogP contribution is -2.43. The van der Waals surface area contributed by atoms with Gasteiger partial charge in [0.1, 0.15) is 17.4 Å². The molecule has 1 aliphatic rings. The van der Waals surface area contributed by atoms with Crippen LogP contribution in [-0.4, -0.2) is 42.7 Å². The van der Waals surface area contributed by atoms with Gasteiger partial charge in [-0.25, -0.2) is 4.98 Å². The van der Waals surface area contributed by atoms with Crippen LogP contribution in [0, 0.1) is 26.7 Å². The minimum Gasteiger partial charge on any atom is -0.493 e. The number of rotatable bonds is 7.